The second-order valence-corrected chi connectivity index (χ2v) is 9.62. The van der Waals surface area contributed by atoms with Crippen molar-refractivity contribution in [2.75, 3.05) is 44.7 Å². The van der Waals surface area contributed by atoms with Crippen molar-refractivity contribution in [3.05, 3.63) is 101 Å². The number of carbonyl (C=O) groups is 1. The Morgan fingerprint density at radius 2 is 1.71 bits per heavy atom. The summed E-state index contributed by atoms with van der Waals surface area (Å²) < 4.78 is 0. The van der Waals surface area contributed by atoms with E-state index in [4.69, 9.17) is 0 Å². The number of hydrogen-bond acceptors (Lipinski definition) is 4. The maximum Gasteiger partial charge on any atom is 0.186 e. The summed E-state index contributed by atoms with van der Waals surface area (Å²) in [5.41, 5.74) is 6.48. The number of hydrogen-bond donors (Lipinski definition) is 2. The van der Waals surface area contributed by atoms with Crippen molar-refractivity contribution < 1.29 is 4.79 Å². The van der Waals surface area contributed by atoms with E-state index in [9.17, 15) is 4.79 Å². The highest BCUT2D eigenvalue weighted by atomic mass is 16.1. The standard InChI is InChI=1S/C30H34N4O/c1-22-8-10-23(11-9-22)14-15-31-29(24-6-4-3-5-7-24)30(35)27-21-32-28-20-25(12-13-26(27)28)34-18-16-33(2)17-19-34/h3-13,20-21,29,31-32H,14-19H2,1-2H3/t29-/m1/s1. The Labute approximate surface area is 207 Å². The molecule has 1 aliphatic rings. The molecule has 2 heterocycles. The molecule has 3 aromatic carbocycles. The summed E-state index contributed by atoms with van der Waals surface area (Å²) in [6.45, 7) is 7.01. The number of aryl methyl sites for hydroxylation is 1. The van der Waals surface area contributed by atoms with Crippen molar-refractivity contribution in [2.24, 2.45) is 0 Å². The molecule has 1 aromatic heterocycles. The first-order valence-electron chi connectivity index (χ1n) is 12.5. The zero-order valence-electron chi connectivity index (χ0n) is 20.6. The number of H-pyrrole nitrogens is 1. The largest absolute Gasteiger partial charge is 0.369 e. The van der Waals surface area contributed by atoms with E-state index in [0.717, 1.165) is 61.2 Å². The number of carbonyl (C=O) groups excluding carboxylic acids is 1. The molecule has 1 saturated heterocycles. The van der Waals surface area contributed by atoms with Crippen molar-refractivity contribution in [2.45, 2.75) is 19.4 Å². The molecular weight excluding hydrogens is 432 g/mol. The van der Waals surface area contributed by atoms with Crippen LogP contribution in [-0.2, 0) is 6.42 Å². The summed E-state index contributed by atoms with van der Waals surface area (Å²) in [5, 5.41) is 4.52. The highest BCUT2D eigenvalue weighted by Gasteiger charge is 2.24. The van der Waals surface area contributed by atoms with E-state index >= 15 is 0 Å². The Morgan fingerprint density at radius 1 is 0.971 bits per heavy atom. The second kappa shape index (κ2) is 10.5. The fourth-order valence-corrected chi connectivity index (χ4v) is 4.86. The number of anilines is 1. The molecule has 1 fully saturated rings. The summed E-state index contributed by atoms with van der Waals surface area (Å²) in [6, 6.07) is 24.7. The topological polar surface area (TPSA) is 51.4 Å². The third-order valence-corrected chi connectivity index (χ3v) is 7.08. The number of Topliss-reactive ketones (excluding diaryl/α,β-unsaturated/α-hetero) is 1. The first-order valence-corrected chi connectivity index (χ1v) is 12.5. The van der Waals surface area contributed by atoms with E-state index in [0.29, 0.717) is 0 Å². The number of fused-ring (bicyclic) bond motifs is 1. The molecule has 5 rings (SSSR count). The van der Waals surface area contributed by atoms with Crippen LogP contribution in [0.4, 0.5) is 5.69 Å². The maximum absolute atomic E-state index is 13.8. The van der Waals surface area contributed by atoms with Crippen LogP contribution in [0.5, 0.6) is 0 Å². The van der Waals surface area contributed by atoms with Gasteiger partial charge in [-0.1, -0.05) is 66.2 Å². The lowest BCUT2D eigenvalue weighted by Crippen LogP contribution is -2.44. The number of aromatic nitrogens is 1. The zero-order chi connectivity index (χ0) is 24.2. The van der Waals surface area contributed by atoms with Crippen LogP contribution in [-0.4, -0.2) is 55.4 Å². The lowest BCUT2D eigenvalue weighted by molar-refractivity contribution is 0.0945. The average molecular weight is 467 g/mol. The van der Waals surface area contributed by atoms with Gasteiger partial charge in [0.25, 0.3) is 0 Å². The van der Waals surface area contributed by atoms with Gasteiger partial charge in [-0.3, -0.25) is 4.79 Å². The van der Waals surface area contributed by atoms with Gasteiger partial charge in [0.1, 0.15) is 0 Å². The molecule has 2 N–H and O–H groups in total. The van der Waals surface area contributed by atoms with E-state index < -0.39 is 6.04 Å². The van der Waals surface area contributed by atoms with Gasteiger partial charge in [-0.15, -0.1) is 0 Å². The van der Waals surface area contributed by atoms with Crippen molar-refractivity contribution in [3.8, 4) is 0 Å². The van der Waals surface area contributed by atoms with Gasteiger partial charge >= 0.3 is 0 Å². The molecule has 0 spiro atoms. The first kappa shape index (κ1) is 23.3. The lowest BCUT2D eigenvalue weighted by Gasteiger charge is -2.34. The zero-order valence-corrected chi connectivity index (χ0v) is 20.6. The number of aromatic amines is 1. The van der Waals surface area contributed by atoms with Crippen LogP contribution < -0.4 is 10.2 Å². The molecule has 4 aromatic rings. The lowest BCUT2D eigenvalue weighted by atomic mass is 9.96. The van der Waals surface area contributed by atoms with Crippen LogP contribution in [0.1, 0.15) is 33.1 Å². The molecule has 180 valence electrons. The van der Waals surface area contributed by atoms with E-state index in [-0.39, 0.29) is 5.78 Å². The second-order valence-electron chi connectivity index (χ2n) is 9.62. The third-order valence-electron chi connectivity index (χ3n) is 7.08. The van der Waals surface area contributed by atoms with Gasteiger partial charge in [-0.25, -0.2) is 0 Å². The predicted octanol–water partition coefficient (Wildman–Crippen LogP) is 4.98. The third kappa shape index (κ3) is 5.31. The smallest absolute Gasteiger partial charge is 0.186 e. The van der Waals surface area contributed by atoms with E-state index in [2.05, 4.69) is 76.5 Å². The van der Waals surface area contributed by atoms with Gasteiger partial charge in [-0.2, -0.15) is 0 Å². The summed E-state index contributed by atoms with van der Waals surface area (Å²) in [7, 11) is 2.17. The number of benzene rings is 3. The quantitative estimate of drug-likeness (QED) is 0.360. The van der Waals surface area contributed by atoms with Gasteiger partial charge in [-0.05, 0) is 43.7 Å². The van der Waals surface area contributed by atoms with Gasteiger partial charge in [0.2, 0.25) is 0 Å². The fourth-order valence-electron chi connectivity index (χ4n) is 4.86. The minimum Gasteiger partial charge on any atom is -0.369 e. The van der Waals surface area contributed by atoms with E-state index in [1.165, 1.54) is 16.8 Å². The number of rotatable bonds is 8. The summed E-state index contributed by atoms with van der Waals surface area (Å²) >= 11 is 0. The monoisotopic (exact) mass is 466 g/mol. The molecule has 0 amide bonds. The fraction of sp³-hybridized carbons (Fsp3) is 0.300. The van der Waals surface area contributed by atoms with Gasteiger partial charge in [0.15, 0.2) is 5.78 Å². The minimum absolute atomic E-state index is 0.0960. The molecule has 0 saturated carbocycles. The van der Waals surface area contributed by atoms with Crippen LogP contribution in [0, 0.1) is 6.92 Å². The summed E-state index contributed by atoms with van der Waals surface area (Å²) in [5.74, 6) is 0.0960. The van der Waals surface area contributed by atoms with Crippen LogP contribution in [0.2, 0.25) is 0 Å². The molecule has 0 bridgehead atoms. The SMILES string of the molecule is Cc1ccc(CCN[C@@H](C(=O)c2c[nH]c3cc(N4CCN(C)CC4)ccc23)c2ccccc2)cc1. The number of nitrogens with one attached hydrogen (secondary N) is 2. The summed E-state index contributed by atoms with van der Waals surface area (Å²) in [4.78, 5) is 22.0. The highest BCUT2D eigenvalue weighted by molar-refractivity contribution is 6.11. The molecule has 35 heavy (non-hydrogen) atoms. The molecule has 5 nitrogen and oxygen atoms in total. The number of likely N-dealkylation sites (N-methyl/N-ethyl adjacent to an activating group) is 1. The van der Waals surface area contributed by atoms with Gasteiger partial charge < -0.3 is 20.1 Å². The Bertz CT molecular complexity index is 1270. The van der Waals surface area contributed by atoms with Gasteiger partial charge in [0, 0.05) is 61.1 Å². The Morgan fingerprint density at radius 3 is 2.46 bits per heavy atom. The van der Waals surface area contributed by atoms with Crippen LogP contribution in [0.15, 0.2) is 79.0 Å². The minimum atomic E-state index is -0.391. The number of piperazine rings is 1. The molecule has 0 unspecified atom stereocenters. The van der Waals surface area contributed by atoms with Crippen LogP contribution in [0.3, 0.4) is 0 Å². The van der Waals surface area contributed by atoms with Crippen LogP contribution >= 0.6 is 0 Å². The molecular formula is C30H34N4O. The predicted molar refractivity (Wildman–Crippen MR) is 144 cm³/mol. The van der Waals surface area contributed by atoms with Crippen molar-refractivity contribution in [1.29, 1.82) is 0 Å². The van der Waals surface area contributed by atoms with Crippen molar-refractivity contribution in [1.82, 2.24) is 15.2 Å². The molecule has 1 atom stereocenters. The molecule has 1 aliphatic heterocycles. The normalized spacial score (nSPS) is 15.4. The number of ketones is 1. The highest BCUT2D eigenvalue weighted by Crippen LogP contribution is 2.28. The Balaban J connectivity index is 1.36. The van der Waals surface area contributed by atoms with Crippen molar-refractivity contribution >= 4 is 22.4 Å². The average Bonchev–Trinajstić information content (AvgIpc) is 3.32. The molecule has 5 heteroatoms. The maximum atomic E-state index is 13.8. The van der Waals surface area contributed by atoms with Crippen LogP contribution in [0.25, 0.3) is 10.9 Å². The summed E-state index contributed by atoms with van der Waals surface area (Å²) in [6.07, 6.45) is 2.75. The Kier molecular flexibility index (Phi) is 6.98. The Hall–Kier alpha value is -3.41. The van der Waals surface area contributed by atoms with Crippen molar-refractivity contribution in [3.63, 3.8) is 0 Å². The molecule has 0 aliphatic carbocycles. The van der Waals surface area contributed by atoms with E-state index in [1.54, 1.807) is 0 Å². The van der Waals surface area contributed by atoms with Gasteiger partial charge in [0.05, 0.1) is 6.04 Å². The van der Waals surface area contributed by atoms with E-state index in [1.807, 2.05) is 36.5 Å². The first-order chi connectivity index (χ1) is 17.1. The molecule has 0 radical (unpaired) electrons. The number of nitrogens with zero attached hydrogens (tertiary/aromatic N) is 2.